The van der Waals surface area contributed by atoms with Crippen LogP contribution in [0.5, 0.6) is 0 Å². The van der Waals surface area contributed by atoms with E-state index in [-0.39, 0.29) is 0 Å². The summed E-state index contributed by atoms with van der Waals surface area (Å²) in [7, 11) is 0. The molecule has 1 aliphatic rings. The Balaban J connectivity index is 1.50. The third-order valence-electron chi connectivity index (χ3n) is 4.99. The zero-order valence-corrected chi connectivity index (χ0v) is 15.0. The largest absolute Gasteiger partial charge is 0.309 e. The lowest BCUT2D eigenvalue weighted by atomic mass is 9.98. The van der Waals surface area contributed by atoms with Gasteiger partial charge in [0.2, 0.25) is 0 Å². The van der Waals surface area contributed by atoms with Crippen LogP contribution >= 0.6 is 0 Å². The molecule has 0 spiro atoms. The molecule has 0 saturated carbocycles. The normalized spacial score (nSPS) is 15.8. The summed E-state index contributed by atoms with van der Waals surface area (Å²) in [6.07, 6.45) is 2.64. The first-order valence-electron chi connectivity index (χ1n) is 9.23. The van der Waals surface area contributed by atoms with Crippen molar-refractivity contribution in [3.63, 3.8) is 0 Å². The van der Waals surface area contributed by atoms with Crippen LogP contribution in [0.3, 0.4) is 0 Å². The number of rotatable bonds is 6. The van der Waals surface area contributed by atoms with E-state index in [0.717, 1.165) is 36.7 Å². The van der Waals surface area contributed by atoms with Gasteiger partial charge in [-0.3, -0.25) is 4.90 Å². The smallest absolute Gasteiger partial charge is 0.0991 e. The van der Waals surface area contributed by atoms with Crippen molar-refractivity contribution in [2.75, 3.05) is 13.1 Å². The van der Waals surface area contributed by atoms with E-state index < -0.39 is 0 Å². The average molecular weight is 333 g/mol. The fourth-order valence-corrected chi connectivity index (χ4v) is 3.42. The molecule has 0 radical (unpaired) electrons. The summed E-state index contributed by atoms with van der Waals surface area (Å²) in [5.41, 5.74) is 4.59. The first-order chi connectivity index (χ1) is 12.2. The lowest BCUT2D eigenvalue weighted by Crippen LogP contribution is -2.32. The third kappa shape index (κ3) is 5.42. The lowest BCUT2D eigenvalue weighted by Gasteiger charge is -2.30. The fraction of sp³-hybridized carbons (Fsp3) is 0.409. The molecule has 1 aliphatic heterocycles. The molecule has 1 fully saturated rings. The molecule has 25 heavy (non-hydrogen) atoms. The summed E-state index contributed by atoms with van der Waals surface area (Å²) in [5.74, 6) is 0.881. The molecule has 2 aromatic carbocycles. The first-order valence-corrected chi connectivity index (χ1v) is 9.23. The summed E-state index contributed by atoms with van der Waals surface area (Å²) in [6, 6.07) is 18.9. The van der Waals surface area contributed by atoms with Gasteiger partial charge in [-0.1, -0.05) is 43.3 Å². The topological polar surface area (TPSA) is 39.1 Å². The van der Waals surface area contributed by atoms with Gasteiger partial charge in [-0.2, -0.15) is 5.26 Å². The van der Waals surface area contributed by atoms with Gasteiger partial charge in [0.05, 0.1) is 11.6 Å². The maximum absolute atomic E-state index is 8.97. The molecule has 0 aromatic heterocycles. The molecule has 3 rings (SSSR count). The van der Waals surface area contributed by atoms with Gasteiger partial charge < -0.3 is 5.32 Å². The highest BCUT2D eigenvalue weighted by molar-refractivity contribution is 5.32. The van der Waals surface area contributed by atoms with Gasteiger partial charge in [0, 0.05) is 19.6 Å². The number of nitriles is 1. The molecular weight excluding hydrogens is 306 g/mol. The molecule has 3 nitrogen and oxygen atoms in total. The van der Waals surface area contributed by atoms with E-state index in [1.807, 2.05) is 18.2 Å². The summed E-state index contributed by atoms with van der Waals surface area (Å²) in [4.78, 5) is 2.57. The molecule has 0 unspecified atom stereocenters. The summed E-state index contributed by atoms with van der Waals surface area (Å²) in [5, 5.41) is 12.5. The van der Waals surface area contributed by atoms with Crippen molar-refractivity contribution in [1.82, 2.24) is 10.2 Å². The number of benzene rings is 2. The number of nitrogens with one attached hydrogen (secondary N) is 1. The summed E-state index contributed by atoms with van der Waals surface area (Å²) in [6.45, 7) is 7.49. The molecule has 130 valence electrons. The standard InChI is InChI=1S/C22H27N3/c1-18-8-10-25(11-9-18)17-22-7-3-6-21(13-22)16-24-15-20-5-2-4-19(12-20)14-23/h2-7,12-13,18,24H,8-11,15-17H2,1H3. The quantitative estimate of drug-likeness (QED) is 0.866. The lowest BCUT2D eigenvalue weighted by molar-refractivity contribution is 0.185. The Bertz CT molecular complexity index is 724. The van der Waals surface area contributed by atoms with Crippen LogP contribution in [0.15, 0.2) is 48.5 Å². The zero-order valence-electron chi connectivity index (χ0n) is 15.0. The monoisotopic (exact) mass is 333 g/mol. The van der Waals surface area contributed by atoms with Gasteiger partial charge in [0.1, 0.15) is 0 Å². The van der Waals surface area contributed by atoms with Gasteiger partial charge in [-0.25, -0.2) is 0 Å². The number of likely N-dealkylation sites (tertiary alicyclic amines) is 1. The van der Waals surface area contributed by atoms with Crippen LogP contribution in [0.25, 0.3) is 0 Å². The number of piperidine rings is 1. The molecule has 1 saturated heterocycles. The van der Waals surface area contributed by atoms with Crippen LogP contribution in [0, 0.1) is 17.2 Å². The van der Waals surface area contributed by atoms with Crippen molar-refractivity contribution in [3.8, 4) is 6.07 Å². The Hall–Kier alpha value is -2.15. The van der Waals surface area contributed by atoms with Crippen molar-refractivity contribution >= 4 is 0 Å². The van der Waals surface area contributed by atoms with E-state index in [9.17, 15) is 0 Å². The maximum atomic E-state index is 8.97. The Morgan fingerprint density at radius 2 is 1.64 bits per heavy atom. The predicted octanol–water partition coefficient (Wildman–Crippen LogP) is 4.08. The van der Waals surface area contributed by atoms with Crippen molar-refractivity contribution in [2.24, 2.45) is 5.92 Å². The van der Waals surface area contributed by atoms with E-state index >= 15 is 0 Å². The van der Waals surface area contributed by atoms with Crippen LogP contribution in [-0.2, 0) is 19.6 Å². The van der Waals surface area contributed by atoms with Crippen LogP contribution in [0.4, 0.5) is 0 Å². The first kappa shape index (κ1) is 17.7. The Morgan fingerprint density at radius 3 is 2.36 bits per heavy atom. The second-order valence-corrected chi connectivity index (χ2v) is 7.19. The predicted molar refractivity (Wildman–Crippen MR) is 102 cm³/mol. The molecule has 0 aliphatic carbocycles. The number of hydrogen-bond donors (Lipinski definition) is 1. The zero-order chi connectivity index (χ0) is 17.5. The van der Waals surface area contributed by atoms with Gasteiger partial charge in [0.15, 0.2) is 0 Å². The van der Waals surface area contributed by atoms with Gasteiger partial charge in [-0.05, 0) is 60.7 Å². The Kier molecular flexibility index (Phi) is 6.22. The molecule has 1 heterocycles. The van der Waals surface area contributed by atoms with Crippen molar-refractivity contribution < 1.29 is 0 Å². The SMILES string of the molecule is CC1CCN(Cc2cccc(CNCc3cccc(C#N)c3)c2)CC1. The van der Waals surface area contributed by atoms with E-state index in [4.69, 9.17) is 5.26 Å². The van der Waals surface area contributed by atoms with E-state index in [1.165, 1.54) is 37.1 Å². The van der Waals surface area contributed by atoms with Gasteiger partial charge >= 0.3 is 0 Å². The highest BCUT2D eigenvalue weighted by Gasteiger charge is 2.15. The highest BCUT2D eigenvalue weighted by atomic mass is 15.1. The minimum Gasteiger partial charge on any atom is -0.309 e. The second kappa shape index (κ2) is 8.80. The van der Waals surface area contributed by atoms with E-state index in [2.05, 4.69) is 53.5 Å². The minimum atomic E-state index is 0.720. The summed E-state index contributed by atoms with van der Waals surface area (Å²) >= 11 is 0. The molecule has 3 heteroatoms. The van der Waals surface area contributed by atoms with Crippen molar-refractivity contribution in [1.29, 1.82) is 5.26 Å². The molecule has 0 bridgehead atoms. The fourth-order valence-electron chi connectivity index (χ4n) is 3.42. The molecule has 0 atom stereocenters. The van der Waals surface area contributed by atoms with Gasteiger partial charge in [0.25, 0.3) is 0 Å². The third-order valence-corrected chi connectivity index (χ3v) is 4.99. The highest BCUT2D eigenvalue weighted by Crippen LogP contribution is 2.18. The number of nitrogens with zero attached hydrogens (tertiary/aromatic N) is 2. The van der Waals surface area contributed by atoms with Crippen LogP contribution < -0.4 is 5.32 Å². The van der Waals surface area contributed by atoms with E-state index in [0.29, 0.717) is 0 Å². The van der Waals surface area contributed by atoms with Crippen LogP contribution in [0.2, 0.25) is 0 Å². The Morgan fingerprint density at radius 1 is 1.00 bits per heavy atom. The van der Waals surface area contributed by atoms with Crippen molar-refractivity contribution in [2.45, 2.75) is 39.4 Å². The molecular formula is C22H27N3. The van der Waals surface area contributed by atoms with Gasteiger partial charge in [-0.15, -0.1) is 0 Å². The second-order valence-electron chi connectivity index (χ2n) is 7.19. The summed E-state index contributed by atoms with van der Waals surface area (Å²) < 4.78 is 0. The van der Waals surface area contributed by atoms with Crippen LogP contribution in [0.1, 0.15) is 42.0 Å². The average Bonchev–Trinajstić information content (AvgIpc) is 2.64. The van der Waals surface area contributed by atoms with Crippen molar-refractivity contribution in [3.05, 3.63) is 70.8 Å². The minimum absolute atomic E-state index is 0.720. The molecule has 2 aromatic rings. The van der Waals surface area contributed by atoms with E-state index in [1.54, 1.807) is 0 Å². The van der Waals surface area contributed by atoms with Crippen LogP contribution in [-0.4, -0.2) is 18.0 Å². The maximum Gasteiger partial charge on any atom is 0.0991 e. The Labute approximate surface area is 151 Å². The number of hydrogen-bond acceptors (Lipinski definition) is 3. The molecule has 1 N–H and O–H groups in total. The molecule has 0 amide bonds.